The maximum Gasteiger partial charge on any atom is 0.356 e. The Kier molecular flexibility index (Phi) is 8.50. The highest BCUT2D eigenvalue weighted by molar-refractivity contribution is 9.11. The minimum absolute atomic E-state index is 0.0177. The lowest BCUT2D eigenvalue weighted by molar-refractivity contribution is -0.0752. The van der Waals surface area contributed by atoms with E-state index in [4.69, 9.17) is 18.9 Å². The van der Waals surface area contributed by atoms with Gasteiger partial charge in [0.2, 0.25) is 0 Å². The number of methoxy groups -OCH3 is 2. The van der Waals surface area contributed by atoms with Gasteiger partial charge in [0.1, 0.15) is 22.5 Å². The zero-order valence-electron chi connectivity index (χ0n) is 22.2. The molecule has 10 nitrogen and oxygen atoms in total. The van der Waals surface area contributed by atoms with Gasteiger partial charge < -0.3 is 18.9 Å². The van der Waals surface area contributed by atoms with E-state index in [0.717, 1.165) is 26.8 Å². The van der Waals surface area contributed by atoms with Crippen molar-refractivity contribution < 1.29 is 23.7 Å². The van der Waals surface area contributed by atoms with Gasteiger partial charge in [-0.15, -0.1) is 11.3 Å². The second kappa shape index (κ2) is 12.0. The lowest BCUT2D eigenvalue weighted by Gasteiger charge is -2.29. The van der Waals surface area contributed by atoms with Crippen molar-refractivity contribution in [3.8, 4) is 11.6 Å². The number of ether oxygens (including phenoxy) is 4. The normalized spacial score (nSPS) is 14.8. The fraction of sp³-hybridized carbons (Fsp3) is 0.357. The highest BCUT2D eigenvalue weighted by Gasteiger charge is 2.28. The summed E-state index contributed by atoms with van der Waals surface area (Å²) >= 11 is 4.86. The fourth-order valence-corrected chi connectivity index (χ4v) is 6.49. The van der Waals surface area contributed by atoms with Crippen LogP contribution in [0.2, 0.25) is 0 Å². The van der Waals surface area contributed by atoms with Gasteiger partial charge in [0.05, 0.1) is 36.0 Å². The van der Waals surface area contributed by atoms with Crippen molar-refractivity contribution in [3.63, 3.8) is 0 Å². The van der Waals surface area contributed by atoms with Crippen molar-refractivity contribution in [1.29, 1.82) is 0 Å². The molecule has 4 heterocycles. The first-order chi connectivity index (χ1) is 19.3. The number of hydrogen-bond acceptors (Lipinski definition) is 9. The standard InChI is InChI=1S/C28H28BrN3O7S/c1-16-23-25(33)32(22-10-6-8-19(30-22)27(34)37-3)28(35)31(26(23)40-24(16)29)15-21(39-17-11-13-38-14-12-17)18-7-4-5-9-20(18)36-2/h4-10,17,21H,11-15H2,1-3H3/t21-/m0/s1. The fourth-order valence-electron chi connectivity index (χ4n) is 4.81. The summed E-state index contributed by atoms with van der Waals surface area (Å²) < 4.78 is 25.8. The first-order valence-electron chi connectivity index (χ1n) is 12.7. The molecular weight excluding hydrogens is 602 g/mol. The molecule has 3 aromatic heterocycles. The molecule has 0 unspecified atom stereocenters. The Balaban J connectivity index is 1.71. The smallest absolute Gasteiger partial charge is 0.356 e. The molecule has 1 saturated heterocycles. The molecule has 1 fully saturated rings. The van der Waals surface area contributed by atoms with Crippen LogP contribution < -0.4 is 16.0 Å². The van der Waals surface area contributed by atoms with Crippen LogP contribution in [0.4, 0.5) is 0 Å². The predicted molar refractivity (Wildman–Crippen MR) is 154 cm³/mol. The maximum atomic E-state index is 14.1. The van der Waals surface area contributed by atoms with Crippen molar-refractivity contribution in [3.05, 3.63) is 83.9 Å². The predicted octanol–water partition coefficient (Wildman–Crippen LogP) is 4.41. The maximum absolute atomic E-state index is 14.1. The van der Waals surface area contributed by atoms with E-state index in [9.17, 15) is 14.4 Å². The Labute approximate surface area is 242 Å². The van der Waals surface area contributed by atoms with Crippen molar-refractivity contribution >= 4 is 43.5 Å². The van der Waals surface area contributed by atoms with E-state index in [1.54, 1.807) is 17.7 Å². The molecule has 1 aromatic carbocycles. The molecule has 210 valence electrons. The summed E-state index contributed by atoms with van der Waals surface area (Å²) in [6.45, 7) is 3.11. The van der Waals surface area contributed by atoms with Crippen LogP contribution in [0.1, 0.15) is 40.6 Å². The highest BCUT2D eigenvalue weighted by atomic mass is 79.9. The molecule has 0 saturated carbocycles. The van der Waals surface area contributed by atoms with Gasteiger partial charge in [-0.1, -0.05) is 24.3 Å². The van der Waals surface area contributed by atoms with E-state index >= 15 is 0 Å². The molecule has 1 aliphatic heterocycles. The number of nitrogens with zero attached hydrogens (tertiary/aromatic N) is 3. The molecule has 0 spiro atoms. The monoisotopic (exact) mass is 629 g/mol. The molecule has 0 amide bonds. The molecule has 0 N–H and O–H groups in total. The number of aryl methyl sites for hydroxylation is 1. The van der Waals surface area contributed by atoms with Crippen LogP contribution in [-0.4, -0.2) is 53.6 Å². The number of halogens is 1. The third-order valence-electron chi connectivity index (χ3n) is 6.87. The van der Waals surface area contributed by atoms with E-state index in [1.807, 2.05) is 31.2 Å². The number of pyridine rings is 1. The largest absolute Gasteiger partial charge is 0.496 e. The van der Waals surface area contributed by atoms with Gasteiger partial charge in [0.15, 0.2) is 5.69 Å². The van der Waals surface area contributed by atoms with Gasteiger partial charge in [-0.2, -0.15) is 0 Å². The van der Waals surface area contributed by atoms with E-state index in [-0.39, 0.29) is 24.2 Å². The summed E-state index contributed by atoms with van der Waals surface area (Å²) in [6.07, 6.45) is 0.810. The Hall–Kier alpha value is -3.32. The van der Waals surface area contributed by atoms with E-state index in [1.165, 1.54) is 30.6 Å². The van der Waals surface area contributed by atoms with Crippen LogP contribution in [0.3, 0.4) is 0 Å². The number of aromatic nitrogens is 3. The molecule has 12 heteroatoms. The lowest BCUT2D eigenvalue weighted by atomic mass is 10.1. The van der Waals surface area contributed by atoms with Gasteiger partial charge >= 0.3 is 11.7 Å². The molecule has 40 heavy (non-hydrogen) atoms. The zero-order chi connectivity index (χ0) is 28.4. The molecule has 5 rings (SSSR count). The van der Waals surface area contributed by atoms with Gasteiger partial charge in [0.25, 0.3) is 5.56 Å². The lowest BCUT2D eigenvalue weighted by Crippen LogP contribution is -2.40. The summed E-state index contributed by atoms with van der Waals surface area (Å²) in [5.74, 6) is -0.0190. The van der Waals surface area contributed by atoms with Crippen molar-refractivity contribution in [2.75, 3.05) is 27.4 Å². The first-order valence-corrected chi connectivity index (χ1v) is 14.3. The molecular formula is C28H28BrN3O7S. The van der Waals surface area contributed by atoms with E-state index in [2.05, 4.69) is 20.9 Å². The van der Waals surface area contributed by atoms with Crippen LogP contribution in [0, 0.1) is 6.92 Å². The number of fused-ring (bicyclic) bond motifs is 1. The van der Waals surface area contributed by atoms with Gasteiger partial charge in [-0.25, -0.2) is 19.1 Å². The Morgan fingerprint density at radius 3 is 2.62 bits per heavy atom. The Morgan fingerprint density at radius 1 is 1.15 bits per heavy atom. The number of hydrogen-bond donors (Lipinski definition) is 0. The average Bonchev–Trinajstić information content (AvgIpc) is 3.28. The topological polar surface area (TPSA) is 111 Å². The second-order valence-corrected chi connectivity index (χ2v) is 11.6. The number of carbonyl (C=O) groups excluding carboxylic acids is 1. The average molecular weight is 631 g/mol. The third kappa shape index (κ3) is 5.36. The zero-order valence-corrected chi connectivity index (χ0v) is 24.6. The van der Waals surface area contributed by atoms with Crippen molar-refractivity contribution in [1.82, 2.24) is 14.1 Å². The van der Waals surface area contributed by atoms with E-state index in [0.29, 0.717) is 34.7 Å². The number of benzene rings is 1. The molecule has 0 aliphatic carbocycles. The van der Waals surface area contributed by atoms with Crippen molar-refractivity contribution in [2.45, 2.75) is 38.5 Å². The summed E-state index contributed by atoms with van der Waals surface area (Å²) in [7, 11) is 2.83. The molecule has 4 aromatic rings. The SMILES string of the molecule is COC(=O)c1cccc(-n2c(=O)c3c(C)c(Br)sc3n(C[C@H](OC3CCOCC3)c3ccccc3OC)c2=O)n1. The quantitative estimate of drug-likeness (QED) is 0.264. The first kappa shape index (κ1) is 28.2. The molecule has 0 radical (unpaired) electrons. The van der Waals surface area contributed by atoms with Crippen LogP contribution in [0.15, 0.2) is 55.8 Å². The number of para-hydroxylation sites is 1. The minimum atomic E-state index is -0.674. The van der Waals surface area contributed by atoms with Crippen LogP contribution in [-0.2, 0) is 20.8 Å². The molecule has 0 bridgehead atoms. The number of rotatable bonds is 8. The van der Waals surface area contributed by atoms with Crippen LogP contribution >= 0.6 is 27.3 Å². The summed E-state index contributed by atoms with van der Waals surface area (Å²) in [5.41, 5.74) is 0.347. The van der Waals surface area contributed by atoms with E-state index < -0.39 is 23.3 Å². The third-order valence-corrected chi connectivity index (χ3v) is 9.06. The number of carbonyl (C=O) groups is 1. The summed E-state index contributed by atoms with van der Waals surface area (Å²) in [6, 6.07) is 12.1. The van der Waals surface area contributed by atoms with Crippen LogP contribution in [0.5, 0.6) is 5.75 Å². The molecule has 1 atom stereocenters. The van der Waals surface area contributed by atoms with Gasteiger partial charge in [0, 0.05) is 18.8 Å². The van der Waals surface area contributed by atoms with Crippen LogP contribution in [0.25, 0.3) is 16.0 Å². The summed E-state index contributed by atoms with van der Waals surface area (Å²) in [4.78, 5) is 44.9. The number of esters is 1. The van der Waals surface area contributed by atoms with Gasteiger partial charge in [-0.3, -0.25) is 9.36 Å². The number of thiophene rings is 1. The minimum Gasteiger partial charge on any atom is -0.496 e. The second-order valence-electron chi connectivity index (χ2n) is 9.27. The Bertz CT molecular complexity index is 1670. The van der Waals surface area contributed by atoms with Crippen molar-refractivity contribution in [2.24, 2.45) is 0 Å². The Morgan fingerprint density at radius 2 is 1.90 bits per heavy atom. The summed E-state index contributed by atoms with van der Waals surface area (Å²) in [5, 5.41) is 0.381. The highest BCUT2D eigenvalue weighted by Crippen LogP contribution is 2.35. The molecule has 1 aliphatic rings. The van der Waals surface area contributed by atoms with Gasteiger partial charge in [-0.05, 0) is 59.5 Å².